The van der Waals surface area contributed by atoms with Crippen molar-refractivity contribution in [1.29, 1.82) is 0 Å². The fraction of sp³-hybridized carbons (Fsp3) is 0.286. The number of rotatable bonds is 2. The molecule has 0 aliphatic carbocycles. The van der Waals surface area contributed by atoms with Gasteiger partial charge in [0, 0.05) is 0 Å². The maximum absolute atomic E-state index is 10.7. The molecule has 5 nitrogen and oxygen atoms in total. The molecular weight excluding hydrogens is 160 g/mol. The van der Waals surface area contributed by atoms with Crippen LogP contribution in [-0.2, 0) is 6.42 Å². The van der Waals surface area contributed by atoms with Crippen molar-refractivity contribution in [3.8, 4) is 0 Å². The van der Waals surface area contributed by atoms with Crippen LogP contribution in [0.1, 0.15) is 12.5 Å². The lowest BCUT2D eigenvalue weighted by molar-refractivity contribution is -0.606. The van der Waals surface area contributed by atoms with Crippen LogP contribution in [0.4, 0.5) is 5.69 Å². The Morgan fingerprint density at radius 2 is 2.33 bits per heavy atom. The fourth-order valence-corrected chi connectivity index (χ4v) is 0.964. The second kappa shape index (κ2) is 3.17. The Morgan fingerprint density at radius 1 is 1.67 bits per heavy atom. The zero-order valence-electron chi connectivity index (χ0n) is 6.56. The fourth-order valence-electron chi connectivity index (χ4n) is 0.964. The summed E-state index contributed by atoms with van der Waals surface area (Å²) in [7, 11) is 0. The molecule has 0 N–H and O–H groups in total. The molecular formula is C7H8N2O3. The number of hydrogen-bond donors (Lipinski definition) is 0. The molecule has 0 saturated carbocycles. The molecule has 0 aromatic carbocycles. The van der Waals surface area contributed by atoms with Gasteiger partial charge in [0.25, 0.3) is 5.69 Å². The summed E-state index contributed by atoms with van der Waals surface area (Å²) in [5.74, 6) is 0. The molecule has 5 heteroatoms. The number of pyridine rings is 1. The maximum atomic E-state index is 10.7. The molecule has 0 radical (unpaired) electrons. The molecule has 0 aliphatic rings. The van der Waals surface area contributed by atoms with Crippen LogP contribution in [0.3, 0.4) is 0 Å². The summed E-state index contributed by atoms with van der Waals surface area (Å²) in [5.41, 5.74) is 0.460. The van der Waals surface area contributed by atoms with E-state index < -0.39 is 4.92 Å². The first-order chi connectivity index (χ1) is 5.65. The van der Waals surface area contributed by atoms with Crippen molar-refractivity contribution in [2.75, 3.05) is 0 Å². The van der Waals surface area contributed by atoms with Crippen LogP contribution in [0, 0.1) is 15.3 Å². The lowest BCUT2D eigenvalue weighted by Gasteiger charge is -1.98. The molecule has 0 atom stereocenters. The highest BCUT2D eigenvalue weighted by atomic mass is 16.6. The average molecular weight is 168 g/mol. The molecule has 12 heavy (non-hydrogen) atoms. The molecule has 0 fully saturated rings. The Morgan fingerprint density at radius 3 is 2.83 bits per heavy atom. The van der Waals surface area contributed by atoms with E-state index in [-0.39, 0.29) is 5.69 Å². The van der Waals surface area contributed by atoms with E-state index in [1.807, 2.05) is 0 Å². The summed E-state index contributed by atoms with van der Waals surface area (Å²) in [6, 6.07) is 1.21. The van der Waals surface area contributed by atoms with Gasteiger partial charge in [-0.3, -0.25) is 10.1 Å². The second-order valence-electron chi connectivity index (χ2n) is 2.33. The van der Waals surface area contributed by atoms with E-state index >= 15 is 0 Å². The van der Waals surface area contributed by atoms with E-state index in [9.17, 15) is 15.3 Å². The topological polar surface area (TPSA) is 70.1 Å². The van der Waals surface area contributed by atoms with Crippen LogP contribution in [0.15, 0.2) is 18.5 Å². The Kier molecular flexibility index (Phi) is 2.23. The first-order valence-corrected chi connectivity index (χ1v) is 3.51. The van der Waals surface area contributed by atoms with Crippen molar-refractivity contribution in [3.05, 3.63) is 39.3 Å². The smallest absolute Gasteiger partial charge is 0.284 e. The lowest BCUT2D eigenvalue weighted by Crippen LogP contribution is -2.25. The highest BCUT2D eigenvalue weighted by Crippen LogP contribution is 2.15. The Balaban J connectivity index is 3.20. The van der Waals surface area contributed by atoms with E-state index in [1.165, 1.54) is 12.3 Å². The van der Waals surface area contributed by atoms with E-state index in [0.29, 0.717) is 16.7 Å². The van der Waals surface area contributed by atoms with Crippen LogP contribution in [-0.4, -0.2) is 4.92 Å². The first kappa shape index (κ1) is 8.45. The van der Waals surface area contributed by atoms with Gasteiger partial charge < -0.3 is 5.21 Å². The molecule has 0 amide bonds. The summed E-state index contributed by atoms with van der Waals surface area (Å²) < 4.78 is 0.561. The van der Waals surface area contributed by atoms with Gasteiger partial charge in [-0.15, -0.1) is 0 Å². The third kappa shape index (κ3) is 1.50. The van der Waals surface area contributed by atoms with E-state index in [1.54, 1.807) is 6.92 Å². The highest BCUT2D eigenvalue weighted by Gasteiger charge is 2.14. The summed E-state index contributed by atoms with van der Waals surface area (Å²) in [6.07, 6.45) is 2.83. The predicted octanol–water partition coefficient (Wildman–Crippen LogP) is 0.791. The van der Waals surface area contributed by atoms with Crippen LogP contribution in [0.5, 0.6) is 0 Å². The summed E-state index contributed by atoms with van der Waals surface area (Å²) >= 11 is 0. The molecule has 0 bridgehead atoms. The third-order valence-electron chi connectivity index (χ3n) is 1.57. The Bertz CT molecular complexity index is 312. The third-order valence-corrected chi connectivity index (χ3v) is 1.57. The minimum Gasteiger partial charge on any atom is -0.619 e. The van der Waals surface area contributed by atoms with Crippen molar-refractivity contribution in [1.82, 2.24) is 0 Å². The van der Waals surface area contributed by atoms with Crippen LogP contribution < -0.4 is 4.73 Å². The van der Waals surface area contributed by atoms with Crippen molar-refractivity contribution in [3.63, 3.8) is 0 Å². The molecule has 64 valence electrons. The average Bonchev–Trinajstić information content (AvgIpc) is 2.03. The predicted molar refractivity (Wildman–Crippen MR) is 41.4 cm³/mol. The summed E-state index contributed by atoms with van der Waals surface area (Å²) in [4.78, 5) is 9.90. The molecule has 1 rings (SSSR count). The minimum absolute atomic E-state index is 0.00426. The summed E-state index contributed by atoms with van der Waals surface area (Å²) in [5, 5.41) is 21.1. The van der Waals surface area contributed by atoms with Crippen LogP contribution >= 0.6 is 0 Å². The van der Waals surface area contributed by atoms with Gasteiger partial charge in [0.2, 0.25) is 0 Å². The largest absolute Gasteiger partial charge is 0.619 e. The molecule has 1 aromatic rings. The van der Waals surface area contributed by atoms with Gasteiger partial charge >= 0.3 is 0 Å². The van der Waals surface area contributed by atoms with Gasteiger partial charge in [0.05, 0.1) is 16.6 Å². The quantitative estimate of drug-likeness (QED) is 0.283. The second-order valence-corrected chi connectivity index (χ2v) is 2.33. The molecule has 0 spiro atoms. The van der Waals surface area contributed by atoms with E-state index in [4.69, 9.17) is 0 Å². The molecule has 0 unspecified atom stereocenters. The minimum atomic E-state index is -0.487. The van der Waals surface area contributed by atoms with Crippen molar-refractivity contribution in [2.24, 2.45) is 0 Å². The van der Waals surface area contributed by atoms with Crippen LogP contribution in [0.25, 0.3) is 0 Å². The van der Waals surface area contributed by atoms with Gasteiger partial charge in [0.15, 0.2) is 12.4 Å². The van der Waals surface area contributed by atoms with Crippen LogP contribution in [0.2, 0.25) is 0 Å². The number of nitrogens with zero attached hydrogens (tertiary/aromatic N) is 2. The van der Waals surface area contributed by atoms with Crippen molar-refractivity contribution in [2.45, 2.75) is 13.3 Å². The number of aromatic nitrogens is 1. The number of hydrogen-bond acceptors (Lipinski definition) is 3. The van der Waals surface area contributed by atoms with Gasteiger partial charge in [-0.25, -0.2) is 0 Å². The van der Waals surface area contributed by atoms with Gasteiger partial charge in [0.1, 0.15) is 0 Å². The first-order valence-electron chi connectivity index (χ1n) is 3.51. The zero-order valence-corrected chi connectivity index (χ0v) is 6.56. The molecule has 1 aromatic heterocycles. The standard InChI is InChI=1S/C7H8N2O3/c1-2-6-5-8(10)4-3-7(6)9(11)12/h3-5H,2H2,1H3. The molecule has 0 aliphatic heterocycles. The van der Waals surface area contributed by atoms with Gasteiger partial charge in [-0.2, -0.15) is 4.73 Å². The summed E-state index contributed by atoms with van der Waals surface area (Å²) in [6.45, 7) is 1.77. The zero-order chi connectivity index (χ0) is 9.14. The SMILES string of the molecule is CCc1c[n+]([O-])ccc1[N+](=O)[O-]. The number of aryl methyl sites for hydroxylation is 1. The van der Waals surface area contributed by atoms with E-state index in [2.05, 4.69) is 0 Å². The lowest BCUT2D eigenvalue weighted by atomic mass is 10.2. The Labute approximate surface area is 69.0 Å². The van der Waals surface area contributed by atoms with E-state index in [0.717, 1.165) is 6.20 Å². The highest BCUT2D eigenvalue weighted by molar-refractivity contribution is 5.35. The molecule has 1 heterocycles. The number of nitro groups is 1. The molecule has 0 saturated heterocycles. The van der Waals surface area contributed by atoms with Gasteiger partial charge in [-0.1, -0.05) is 6.92 Å². The van der Waals surface area contributed by atoms with Crippen molar-refractivity contribution < 1.29 is 9.65 Å². The van der Waals surface area contributed by atoms with Gasteiger partial charge in [-0.05, 0) is 6.42 Å². The Hall–Kier alpha value is -1.65. The maximum Gasteiger partial charge on any atom is 0.284 e. The normalized spacial score (nSPS) is 9.75. The monoisotopic (exact) mass is 168 g/mol. The van der Waals surface area contributed by atoms with Crippen molar-refractivity contribution >= 4 is 5.69 Å².